The summed E-state index contributed by atoms with van der Waals surface area (Å²) in [5.74, 6) is 0.655. The summed E-state index contributed by atoms with van der Waals surface area (Å²) in [6, 6.07) is 9.22. The van der Waals surface area contributed by atoms with Crippen molar-refractivity contribution >= 4 is 5.91 Å². The third-order valence-corrected chi connectivity index (χ3v) is 7.85. The molecule has 1 aromatic heterocycles. The van der Waals surface area contributed by atoms with Crippen LogP contribution in [0.1, 0.15) is 70.9 Å². The average Bonchev–Trinajstić information content (AvgIpc) is 2.81. The molecule has 2 saturated heterocycles. The number of benzene rings is 1. The highest BCUT2D eigenvalue weighted by molar-refractivity contribution is 5.93. The second-order valence-corrected chi connectivity index (χ2v) is 9.72. The van der Waals surface area contributed by atoms with Gasteiger partial charge in [0.1, 0.15) is 12.0 Å². The average molecular weight is 435 g/mol. The molecule has 1 atom stereocenters. The summed E-state index contributed by atoms with van der Waals surface area (Å²) < 4.78 is 0. The van der Waals surface area contributed by atoms with Crippen molar-refractivity contribution in [2.45, 2.75) is 69.9 Å². The number of amides is 1. The maximum Gasteiger partial charge on any atom is 0.272 e. The van der Waals surface area contributed by atoms with Gasteiger partial charge in [0.25, 0.3) is 5.91 Å². The number of nitrogens with zero attached hydrogens (tertiary/aromatic N) is 4. The van der Waals surface area contributed by atoms with Crippen molar-refractivity contribution in [1.29, 1.82) is 0 Å². The number of hydrogen-bond acceptors (Lipinski definition) is 5. The number of fused-ring (bicyclic) bond motifs is 1. The third kappa shape index (κ3) is 4.30. The smallest absolute Gasteiger partial charge is 0.272 e. The first kappa shape index (κ1) is 21.5. The molecule has 6 heteroatoms. The molecule has 1 N–H and O–H groups in total. The van der Waals surface area contributed by atoms with Crippen molar-refractivity contribution in [3.8, 4) is 0 Å². The van der Waals surface area contributed by atoms with Gasteiger partial charge in [0.2, 0.25) is 0 Å². The first-order chi connectivity index (χ1) is 15.6. The maximum absolute atomic E-state index is 13.3. The summed E-state index contributed by atoms with van der Waals surface area (Å²) in [4.78, 5) is 26.6. The Morgan fingerprint density at radius 1 is 1.06 bits per heavy atom. The molecule has 32 heavy (non-hydrogen) atoms. The number of aliphatic hydroxyl groups excluding tert-OH is 1. The van der Waals surface area contributed by atoms with Crippen molar-refractivity contribution in [2.24, 2.45) is 0 Å². The molecule has 1 amide bonds. The molecule has 1 unspecified atom stereocenters. The number of carbonyl (C=O) groups is 1. The largest absolute Gasteiger partial charge is 0.393 e. The monoisotopic (exact) mass is 434 g/mol. The molecule has 3 aliphatic rings. The van der Waals surface area contributed by atoms with Crippen LogP contribution in [0.3, 0.4) is 0 Å². The molecular formula is C26H34N4O2. The number of aryl methyl sites for hydroxylation is 1. The summed E-state index contributed by atoms with van der Waals surface area (Å²) in [6.45, 7) is 5.50. The minimum absolute atomic E-state index is 0.0488. The molecule has 5 rings (SSSR count). The Morgan fingerprint density at radius 3 is 2.56 bits per heavy atom. The Hall–Kier alpha value is -2.31. The van der Waals surface area contributed by atoms with Gasteiger partial charge in [0.15, 0.2) is 0 Å². The van der Waals surface area contributed by atoms with Gasteiger partial charge in [-0.05, 0) is 68.9 Å². The van der Waals surface area contributed by atoms with Gasteiger partial charge in [-0.1, -0.05) is 24.3 Å². The highest BCUT2D eigenvalue weighted by atomic mass is 16.3. The zero-order valence-corrected chi connectivity index (χ0v) is 19.0. The second kappa shape index (κ2) is 9.28. The van der Waals surface area contributed by atoms with E-state index in [0.717, 1.165) is 82.4 Å². The van der Waals surface area contributed by atoms with Crippen LogP contribution in [0.15, 0.2) is 30.6 Å². The van der Waals surface area contributed by atoms with E-state index in [9.17, 15) is 9.90 Å². The fourth-order valence-electron chi connectivity index (χ4n) is 5.72. The first-order valence-corrected chi connectivity index (χ1v) is 12.2. The van der Waals surface area contributed by atoms with Crippen LogP contribution >= 0.6 is 0 Å². The Kier molecular flexibility index (Phi) is 6.24. The van der Waals surface area contributed by atoms with E-state index in [0.29, 0.717) is 17.7 Å². The molecule has 0 spiro atoms. The van der Waals surface area contributed by atoms with Gasteiger partial charge in [-0.25, -0.2) is 9.97 Å². The van der Waals surface area contributed by atoms with Crippen molar-refractivity contribution in [1.82, 2.24) is 19.8 Å². The van der Waals surface area contributed by atoms with Crippen LogP contribution in [0.2, 0.25) is 0 Å². The molecule has 0 radical (unpaired) electrons. The number of aromatic nitrogens is 2. The lowest BCUT2D eigenvalue weighted by atomic mass is 9.75. The van der Waals surface area contributed by atoms with Gasteiger partial charge >= 0.3 is 0 Å². The topological polar surface area (TPSA) is 69.6 Å². The van der Waals surface area contributed by atoms with Crippen LogP contribution in [-0.2, 0) is 12.8 Å². The fraction of sp³-hybridized carbons (Fsp3) is 0.577. The van der Waals surface area contributed by atoms with Crippen molar-refractivity contribution < 1.29 is 9.90 Å². The van der Waals surface area contributed by atoms with E-state index in [-0.39, 0.29) is 12.0 Å². The number of carbonyl (C=O) groups excluding carboxylic acids is 1. The zero-order valence-electron chi connectivity index (χ0n) is 19.0. The minimum atomic E-state index is -0.137. The fourth-order valence-corrected chi connectivity index (χ4v) is 5.72. The van der Waals surface area contributed by atoms with E-state index in [2.05, 4.69) is 39.1 Å². The number of aliphatic hydroxyl groups is 1. The third-order valence-electron chi connectivity index (χ3n) is 7.85. The first-order valence-electron chi connectivity index (χ1n) is 12.2. The van der Waals surface area contributed by atoms with Crippen LogP contribution in [0.25, 0.3) is 0 Å². The zero-order chi connectivity index (χ0) is 22.1. The van der Waals surface area contributed by atoms with Crippen LogP contribution in [0, 0.1) is 6.92 Å². The summed E-state index contributed by atoms with van der Waals surface area (Å²) in [5.41, 5.74) is 5.47. The maximum atomic E-state index is 13.3. The van der Waals surface area contributed by atoms with E-state index in [4.69, 9.17) is 0 Å². The SMILES string of the molecule is Cc1c(CCC2Cc3ccccc32)ncnc1C(=O)N1CCC(N2CCC(O)CC2)CC1. The molecule has 6 nitrogen and oxygen atoms in total. The summed E-state index contributed by atoms with van der Waals surface area (Å²) in [7, 11) is 0. The van der Waals surface area contributed by atoms with E-state index < -0.39 is 0 Å². The van der Waals surface area contributed by atoms with E-state index in [1.54, 1.807) is 6.33 Å². The van der Waals surface area contributed by atoms with Crippen molar-refractivity contribution in [3.63, 3.8) is 0 Å². The summed E-state index contributed by atoms with van der Waals surface area (Å²) >= 11 is 0. The quantitative estimate of drug-likeness (QED) is 0.783. The van der Waals surface area contributed by atoms with E-state index >= 15 is 0 Å². The van der Waals surface area contributed by atoms with Crippen LogP contribution in [-0.4, -0.2) is 69.1 Å². The molecule has 0 saturated carbocycles. The molecule has 1 aromatic carbocycles. The Balaban J connectivity index is 1.18. The molecule has 170 valence electrons. The Morgan fingerprint density at radius 2 is 1.81 bits per heavy atom. The molecule has 2 aromatic rings. The highest BCUT2D eigenvalue weighted by Crippen LogP contribution is 2.38. The standard InChI is InChI=1S/C26H34N4O2/c1-18-24(7-6-20-16-19-4-2-3-5-23(19)20)27-17-28-25(18)26(32)30-12-8-21(9-13-30)29-14-10-22(31)11-15-29/h2-5,17,20-22,31H,6-16H2,1H3. The number of piperidine rings is 2. The van der Waals surface area contributed by atoms with Crippen molar-refractivity contribution in [2.75, 3.05) is 26.2 Å². The molecule has 2 fully saturated rings. The van der Waals surface area contributed by atoms with Gasteiger partial charge in [0.05, 0.1) is 6.10 Å². The van der Waals surface area contributed by atoms with Gasteiger partial charge in [0, 0.05) is 43.5 Å². The summed E-state index contributed by atoms with van der Waals surface area (Å²) in [6.07, 6.45) is 8.27. The highest BCUT2D eigenvalue weighted by Gasteiger charge is 2.31. The Labute approximate surface area is 190 Å². The van der Waals surface area contributed by atoms with Gasteiger partial charge in [-0.2, -0.15) is 0 Å². The summed E-state index contributed by atoms with van der Waals surface area (Å²) in [5, 5.41) is 9.75. The Bertz CT molecular complexity index is 962. The predicted octanol–water partition coefficient (Wildman–Crippen LogP) is 3.12. The molecular weight excluding hydrogens is 400 g/mol. The molecule has 1 aliphatic carbocycles. The second-order valence-electron chi connectivity index (χ2n) is 9.72. The molecule has 0 bridgehead atoms. The van der Waals surface area contributed by atoms with Gasteiger partial charge < -0.3 is 14.9 Å². The lowest BCUT2D eigenvalue weighted by molar-refractivity contribution is 0.0355. The molecule has 2 aliphatic heterocycles. The van der Waals surface area contributed by atoms with Crippen LogP contribution in [0.4, 0.5) is 0 Å². The number of hydrogen-bond donors (Lipinski definition) is 1. The lowest BCUT2D eigenvalue weighted by Crippen LogP contribution is -2.49. The van der Waals surface area contributed by atoms with E-state index in [1.165, 1.54) is 11.1 Å². The van der Waals surface area contributed by atoms with Gasteiger partial charge in [-0.3, -0.25) is 4.79 Å². The number of likely N-dealkylation sites (tertiary alicyclic amines) is 2. The lowest BCUT2D eigenvalue weighted by Gasteiger charge is -2.41. The normalized spacial score (nSPS) is 22.4. The predicted molar refractivity (Wildman–Crippen MR) is 124 cm³/mol. The van der Waals surface area contributed by atoms with Crippen LogP contribution < -0.4 is 0 Å². The molecule has 3 heterocycles. The minimum Gasteiger partial charge on any atom is -0.393 e. The van der Waals surface area contributed by atoms with E-state index in [1.807, 2.05) is 11.8 Å². The van der Waals surface area contributed by atoms with Crippen molar-refractivity contribution in [3.05, 3.63) is 58.7 Å². The van der Waals surface area contributed by atoms with Gasteiger partial charge in [-0.15, -0.1) is 0 Å². The number of rotatable bonds is 5. The van der Waals surface area contributed by atoms with Crippen LogP contribution in [0.5, 0.6) is 0 Å².